The number of ether oxygens (including phenoxy) is 1. The number of amides is 1. The van der Waals surface area contributed by atoms with Gasteiger partial charge in [0.1, 0.15) is 10.6 Å². The number of benzene rings is 1. The molecule has 134 valence electrons. The van der Waals surface area contributed by atoms with Crippen LogP contribution in [-0.4, -0.2) is 29.5 Å². The van der Waals surface area contributed by atoms with Crippen molar-refractivity contribution in [1.29, 1.82) is 0 Å². The number of anilines is 1. The molecule has 0 saturated heterocycles. The van der Waals surface area contributed by atoms with Crippen molar-refractivity contribution in [3.63, 3.8) is 0 Å². The quantitative estimate of drug-likeness (QED) is 0.643. The number of nitroso groups, excluding NO2 is 1. The average molecular weight is 371 g/mol. The number of thiophene rings is 1. The van der Waals surface area contributed by atoms with Gasteiger partial charge < -0.3 is 15.8 Å². The molecule has 3 aromatic rings. The van der Waals surface area contributed by atoms with Gasteiger partial charge in [0.25, 0.3) is 5.91 Å². The first-order valence-corrected chi connectivity index (χ1v) is 8.70. The van der Waals surface area contributed by atoms with Crippen molar-refractivity contribution in [2.24, 2.45) is 5.18 Å². The van der Waals surface area contributed by atoms with E-state index < -0.39 is 6.04 Å². The van der Waals surface area contributed by atoms with Crippen LogP contribution in [-0.2, 0) is 0 Å². The summed E-state index contributed by atoms with van der Waals surface area (Å²) in [6.07, 6.45) is 0. The van der Waals surface area contributed by atoms with Crippen LogP contribution in [0.3, 0.4) is 0 Å². The summed E-state index contributed by atoms with van der Waals surface area (Å²) in [5.74, 6) is 0.410. The number of nitrogens with one attached hydrogen (secondary N) is 1. The maximum Gasteiger partial charge on any atom is 0.261 e. The highest BCUT2D eigenvalue weighted by Crippen LogP contribution is 2.35. The van der Waals surface area contributed by atoms with E-state index in [-0.39, 0.29) is 11.9 Å². The monoisotopic (exact) mass is 371 g/mol. The second-order valence-electron chi connectivity index (χ2n) is 5.44. The van der Waals surface area contributed by atoms with Crippen LogP contribution in [0.1, 0.15) is 33.9 Å². The summed E-state index contributed by atoms with van der Waals surface area (Å²) in [5, 5.41) is 6.56. The lowest BCUT2D eigenvalue weighted by molar-refractivity contribution is 0.0960. The van der Waals surface area contributed by atoms with Gasteiger partial charge in [0.05, 0.1) is 17.7 Å². The van der Waals surface area contributed by atoms with Gasteiger partial charge in [-0.15, -0.1) is 16.2 Å². The Hall–Kier alpha value is -3.07. The van der Waals surface area contributed by atoms with Crippen molar-refractivity contribution in [3.05, 3.63) is 51.4 Å². The molecule has 1 unspecified atom stereocenters. The lowest BCUT2D eigenvalue weighted by Crippen LogP contribution is -2.21. The van der Waals surface area contributed by atoms with Crippen LogP contribution in [0.4, 0.5) is 5.95 Å². The Morgan fingerprint density at radius 1 is 1.38 bits per heavy atom. The van der Waals surface area contributed by atoms with Gasteiger partial charge in [-0.2, -0.15) is 0 Å². The Kier molecular flexibility index (Phi) is 5.08. The van der Waals surface area contributed by atoms with Crippen LogP contribution in [0, 0.1) is 4.91 Å². The van der Waals surface area contributed by atoms with Crippen LogP contribution in [0.5, 0.6) is 5.75 Å². The molecule has 3 rings (SSSR count). The fourth-order valence-corrected chi connectivity index (χ4v) is 3.57. The Balaban J connectivity index is 2.15. The van der Waals surface area contributed by atoms with Gasteiger partial charge in [0.15, 0.2) is 6.04 Å². The van der Waals surface area contributed by atoms with Crippen molar-refractivity contribution < 1.29 is 9.53 Å². The maximum atomic E-state index is 12.1. The first-order chi connectivity index (χ1) is 12.6. The van der Waals surface area contributed by atoms with Gasteiger partial charge in [-0.25, -0.2) is 9.97 Å². The smallest absolute Gasteiger partial charge is 0.261 e. The molecule has 2 heterocycles. The predicted molar refractivity (Wildman–Crippen MR) is 100 cm³/mol. The lowest BCUT2D eigenvalue weighted by Gasteiger charge is -2.11. The van der Waals surface area contributed by atoms with Gasteiger partial charge in [0, 0.05) is 11.9 Å². The zero-order chi connectivity index (χ0) is 18.7. The summed E-state index contributed by atoms with van der Waals surface area (Å²) in [7, 11) is 1.54. The van der Waals surface area contributed by atoms with Gasteiger partial charge in [-0.05, 0) is 30.7 Å². The summed E-state index contributed by atoms with van der Waals surface area (Å²) < 4.78 is 5.21. The molecule has 0 bridgehead atoms. The number of hydrogen-bond donors (Lipinski definition) is 2. The van der Waals surface area contributed by atoms with Gasteiger partial charge >= 0.3 is 0 Å². The molecule has 9 heteroatoms. The van der Waals surface area contributed by atoms with Crippen molar-refractivity contribution >= 4 is 33.4 Å². The second kappa shape index (κ2) is 7.44. The summed E-state index contributed by atoms with van der Waals surface area (Å²) >= 11 is 1.19. The molecule has 0 radical (unpaired) electrons. The standard InChI is InChI=1S/C17H17N5O3S/c1-3-19-15(23)12-8-11-14(20-17(18)21-16(11)26-12)13(22-24)9-5-4-6-10(7-9)25-2/h4-8,13H,3H2,1-2H3,(H,19,23)(H2,18,20,21). The highest BCUT2D eigenvalue weighted by molar-refractivity contribution is 7.20. The molecule has 1 amide bonds. The Bertz CT molecular complexity index is 972. The van der Waals surface area contributed by atoms with E-state index in [1.807, 2.05) is 6.92 Å². The Labute approximate surface area is 153 Å². The topological polar surface area (TPSA) is 120 Å². The lowest BCUT2D eigenvalue weighted by atomic mass is 10.0. The van der Waals surface area contributed by atoms with E-state index in [1.54, 1.807) is 37.4 Å². The van der Waals surface area contributed by atoms with Crippen molar-refractivity contribution in [1.82, 2.24) is 15.3 Å². The molecule has 2 aromatic heterocycles. The number of hydrogen-bond acceptors (Lipinski definition) is 8. The molecule has 0 spiro atoms. The minimum atomic E-state index is -0.894. The second-order valence-corrected chi connectivity index (χ2v) is 6.47. The number of aromatic nitrogens is 2. The first kappa shape index (κ1) is 17.7. The van der Waals surface area contributed by atoms with Gasteiger partial charge in [-0.3, -0.25) is 4.79 Å². The van der Waals surface area contributed by atoms with E-state index in [9.17, 15) is 9.70 Å². The first-order valence-electron chi connectivity index (χ1n) is 7.89. The fraction of sp³-hybridized carbons (Fsp3) is 0.235. The molecular weight excluding hydrogens is 354 g/mol. The summed E-state index contributed by atoms with van der Waals surface area (Å²) in [6.45, 7) is 2.35. The molecule has 0 fully saturated rings. The number of carbonyl (C=O) groups excluding carboxylic acids is 1. The molecule has 3 N–H and O–H groups in total. The third-order valence-corrected chi connectivity index (χ3v) is 4.80. The molecular formula is C17H17N5O3S. The number of nitrogens with zero attached hydrogens (tertiary/aromatic N) is 3. The van der Waals surface area contributed by atoms with E-state index >= 15 is 0 Å². The largest absolute Gasteiger partial charge is 0.497 e. The minimum Gasteiger partial charge on any atom is -0.497 e. The van der Waals surface area contributed by atoms with Crippen molar-refractivity contribution in [2.45, 2.75) is 13.0 Å². The molecule has 1 aromatic carbocycles. The number of carbonyl (C=O) groups is 1. The molecule has 8 nitrogen and oxygen atoms in total. The number of fused-ring (bicyclic) bond motifs is 1. The predicted octanol–water partition coefficient (Wildman–Crippen LogP) is 2.89. The molecule has 0 aliphatic carbocycles. The Morgan fingerprint density at radius 2 is 2.19 bits per heavy atom. The van der Waals surface area contributed by atoms with Crippen molar-refractivity contribution in [3.8, 4) is 5.75 Å². The van der Waals surface area contributed by atoms with E-state index in [2.05, 4.69) is 20.5 Å². The highest BCUT2D eigenvalue weighted by atomic mass is 32.1. The van der Waals surface area contributed by atoms with E-state index in [0.717, 1.165) is 0 Å². The highest BCUT2D eigenvalue weighted by Gasteiger charge is 2.23. The van der Waals surface area contributed by atoms with Crippen LogP contribution >= 0.6 is 11.3 Å². The average Bonchev–Trinajstić information content (AvgIpc) is 3.07. The normalized spacial score (nSPS) is 11.9. The van der Waals surface area contributed by atoms with Crippen LogP contribution < -0.4 is 15.8 Å². The molecule has 0 aliphatic rings. The van der Waals surface area contributed by atoms with E-state index in [0.29, 0.717) is 38.6 Å². The third kappa shape index (κ3) is 3.33. The summed E-state index contributed by atoms with van der Waals surface area (Å²) in [6, 6.07) is 7.78. The minimum absolute atomic E-state index is 0.0216. The molecule has 26 heavy (non-hydrogen) atoms. The number of methoxy groups -OCH3 is 1. The maximum absolute atomic E-state index is 12.1. The SMILES string of the molecule is CCNC(=O)c1cc2c(C(N=O)c3cccc(OC)c3)nc(N)nc2s1. The molecule has 0 aliphatic heterocycles. The summed E-state index contributed by atoms with van der Waals surface area (Å²) in [4.78, 5) is 33.2. The van der Waals surface area contributed by atoms with Crippen LogP contribution in [0.2, 0.25) is 0 Å². The van der Waals surface area contributed by atoms with Gasteiger partial charge in [-0.1, -0.05) is 17.3 Å². The Morgan fingerprint density at radius 3 is 2.88 bits per heavy atom. The van der Waals surface area contributed by atoms with Crippen molar-refractivity contribution in [2.75, 3.05) is 19.4 Å². The van der Waals surface area contributed by atoms with Gasteiger partial charge in [0.2, 0.25) is 5.95 Å². The van der Waals surface area contributed by atoms with E-state index in [1.165, 1.54) is 11.3 Å². The van der Waals surface area contributed by atoms with Crippen LogP contribution in [0.25, 0.3) is 10.2 Å². The fourth-order valence-electron chi connectivity index (χ4n) is 2.61. The van der Waals surface area contributed by atoms with Crippen LogP contribution in [0.15, 0.2) is 35.5 Å². The third-order valence-electron chi connectivity index (χ3n) is 3.77. The number of rotatable bonds is 6. The zero-order valence-electron chi connectivity index (χ0n) is 14.2. The molecule has 0 saturated carbocycles. The number of nitrogen functional groups attached to an aromatic ring is 1. The zero-order valence-corrected chi connectivity index (χ0v) is 15.0. The van der Waals surface area contributed by atoms with E-state index in [4.69, 9.17) is 10.5 Å². The molecule has 1 atom stereocenters. The number of nitrogens with two attached hydrogens (primary N) is 1. The summed E-state index contributed by atoms with van der Waals surface area (Å²) in [5.41, 5.74) is 6.79.